The lowest BCUT2D eigenvalue weighted by molar-refractivity contribution is 0.130. The van der Waals surface area contributed by atoms with Crippen LogP contribution in [0.15, 0.2) is 41.5 Å². The van der Waals surface area contributed by atoms with Gasteiger partial charge in [0, 0.05) is 50.8 Å². The molecular formula is C23H30N6O3S. The molecule has 1 fully saturated rings. The van der Waals surface area contributed by atoms with Gasteiger partial charge in [-0.25, -0.2) is 14.8 Å². The Bertz CT molecular complexity index is 1120. The van der Waals surface area contributed by atoms with E-state index in [9.17, 15) is 9.59 Å². The maximum Gasteiger partial charge on any atom is 0.411 e. The molecule has 0 radical (unpaired) electrons. The Morgan fingerprint density at radius 1 is 1.12 bits per heavy atom. The first kappa shape index (κ1) is 23.2. The predicted molar refractivity (Wildman–Crippen MR) is 131 cm³/mol. The molecule has 1 aliphatic heterocycles. The first-order valence-electron chi connectivity index (χ1n) is 11.4. The van der Waals surface area contributed by atoms with Crippen LogP contribution in [0.1, 0.15) is 26.7 Å². The van der Waals surface area contributed by atoms with Gasteiger partial charge in [0.05, 0.1) is 16.2 Å². The zero-order valence-electron chi connectivity index (χ0n) is 19.1. The van der Waals surface area contributed by atoms with E-state index in [0.29, 0.717) is 17.6 Å². The fourth-order valence-electron chi connectivity index (χ4n) is 3.87. The topological polar surface area (TPSA) is 92.6 Å². The fourth-order valence-corrected chi connectivity index (χ4v) is 4.89. The number of hydrogen-bond donors (Lipinski definition) is 1. The number of hydrogen-bond acceptors (Lipinski definition) is 8. The molecule has 3 heterocycles. The first-order chi connectivity index (χ1) is 16.0. The van der Waals surface area contributed by atoms with Crippen molar-refractivity contribution < 1.29 is 9.53 Å². The van der Waals surface area contributed by atoms with Gasteiger partial charge in [-0.05, 0) is 57.5 Å². The highest BCUT2D eigenvalue weighted by molar-refractivity contribution is 7.13. The van der Waals surface area contributed by atoms with Gasteiger partial charge >= 0.3 is 6.09 Å². The second-order valence-electron chi connectivity index (χ2n) is 8.37. The number of aryl methyl sites for hydroxylation is 1. The summed E-state index contributed by atoms with van der Waals surface area (Å²) in [6, 6.07) is 7.23. The van der Waals surface area contributed by atoms with E-state index in [1.807, 2.05) is 16.1 Å². The summed E-state index contributed by atoms with van der Waals surface area (Å²) in [5.41, 5.74) is 0.558. The summed E-state index contributed by atoms with van der Waals surface area (Å²) in [7, 11) is 0. The van der Waals surface area contributed by atoms with Crippen LogP contribution in [0.3, 0.4) is 0 Å². The Morgan fingerprint density at radius 2 is 1.85 bits per heavy atom. The quantitative estimate of drug-likeness (QED) is 0.504. The van der Waals surface area contributed by atoms with Gasteiger partial charge in [-0.15, -0.1) is 0 Å². The minimum Gasteiger partial charge on any atom is -0.447 e. The van der Waals surface area contributed by atoms with E-state index in [2.05, 4.69) is 25.1 Å². The van der Waals surface area contributed by atoms with Crippen molar-refractivity contribution in [1.29, 1.82) is 0 Å². The maximum atomic E-state index is 12.8. The standard InChI is InChI=1S/C23H30N6O3S/c1-17(2)32-23(31)26-18-6-7-20-19(16-18)21(30)29(33-20)11-4-3-10-27-12-14-28(15-13-27)22-24-8-5-9-25-22/h5-9,16-17H,3-4,10-15H2,1-2H3,(H,26,31). The van der Waals surface area contributed by atoms with Crippen molar-refractivity contribution in [2.75, 3.05) is 42.9 Å². The van der Waals surface area contributed by atoms with E-state index >= 15 is 0 Å². The molecule has 1 N–H and O–H groups in total. The van der Waals surface area contributed by atoms with Crippen LogP contribution in [-0.2, 0) is 11.3 Å². The van der Waals surface area contributed by atoms with Crippen molar-refractivity contribution in [2.24, 2.45) is 0 Å². The molecule has 1 amide bonds. The Balaban J connectivity index is 1.24. The van der Waals surface area contributed by atoms with Crippen molar-refractivity contribution >= 4 is 39.3 Å². The van der Waals surface area contributed by atoms with Crippen molar-refractivity contribution in [2.45, 2.75) is 39.3 Å². The average Bonchev–Trinajstić information content (AvgIpc) is 3.12. The molecule has 0 bridgehead atoms. The second-order valence-corrected chi connectivity index (χ2v) is 9.44. The maximum absolute atomic E-state index is 12.8. The summed E-state index contributed by atoms with van der Waals surface area (Å²) in [5, 5.41) is 3.31. The molecule has 0 atom stereocenters. The van der Waals surface area contributed by atoms with Crippen LogP contribution >= 0.6 is 11.5 Å². The van der Waals surface area contributed by atoms with Crippen LogP contribution in [0.4, 0.5) is 16.4 Å². The molecule has 3 aromatic rings. The van der Waals surface area contributed by atoms with Crippen molar-refractivity contribution in [3.63, 3.8) is 0 Å². The summed E-state index contributed by atoms with van der Waals surface area (Å²) in [6.07, 6.45) is 4.83. The zero-order chi connectivity index (χ0) is 23.2. The summed E-state index contributed by atoms with van der Waals surface area (Å²) < 4.78 is 7.83. The molecule has 1 saturated heterocycles. The smallest absolute Gasteiger partial charge is 0.411 e. The van der Waals surface area contributed by atoms with E-state index in [-0.39, 0.29) is 11.7 Å². The third-order valence-corrected chi connectivity index (χ3v) is 6.65. The number of rotatable bonds is 8. The SMILES string of the molecule is CC(C)OC(=O)Nc1ccc2sn(CCCCN3CCN(c4ncccn4)CC3)c(=O)c2c1. The molecule has 176 valence electrons. The molecule has 4 rings (SSSR count). The van der Waals surface area contributed by atoms with Gasteiger partial charge in [0.25, 0.3) is 5.56 Å². The largest absolute Gasteiger partial charge is 0.447 e. The summed E-state index contributed by atoms with van der Waals surface area (Å²) in [6.45, 7) is 9.16. The number of anilines is 2. The van der Waals surface area contributed by atoms with Gasteiger partial charge in [-0.1, -0.05) is 11.5 Å². The predicted octanol–water partition coefficient (Wildman–Crippen LogP) is 3.41. The van der Waals surface area contributed by atoms with Crippen LogP contribution in [0, 0.1) is 0 Å². The molecule has 0 saturated carbocycles. The molecule has 0 unspecified atom stereocenters. The number of aromatic nitrogens is 3. The number of amides is 1. The Kier molecular flexibility index (Phi) is 7.56. The number of ether oxygens (including phenoxy) is 1. The number of nitrogens with zero attached hydrogens (tertiary/aromatic N) is 5. The number of fused-ring (bicyclic) bond motifs is 1. The van der Waals surface area contributed by atoms with E-state index in [1.54, 1.807) is 38.4 Å². The minimum absolute atomic E-state index is 0.00708. The van der Waals surface area contributed by atoms with Gasteiger partial charge in [0.2, 0.25) is 5.95 Å². The lowest BCUT2D eigenvalue weighted by atomic mass is 10.2. The van der Waals surface area contributed by atoms with Gasteiger partial charge < -0.3 is 9.64 Å². The van der Waals surface area contributed by atoms with Crippen LogP contribution in [0.25, 0.3) is 10.1 Å². The van der Waals surface area contributed by atoms with Crippen LogP contribution in [-0.4, -0.2) is 63.7 Å². The monoisotopic (exact) mass is 470 g/mol. The number of piperazine rings is 1. The Morgan fingerprint density at radius 3 is 2.58 bits per heavy atom. The average molecular weight is 471 g/mol. The van der Waals surface area contributed by atoms with Gasteiger partial charge in [0.1, 0.15) is 0 Å². The molecule has 33 heavy (non-hydrogen) atoms. The van der Waals surface area contributed by atoms with Crippen molar-refractivity contribution in [1.82, 2.24) is 18.8 Å². The molecule has 0 aliphatic carbocycles. The Hall–Kier alpha value is -2.98. The normalized spacial score (nSPS) is 14.7. The first-order valence-corrected chi connectivity index (χ1v) is 12.1. The van der Waals surface area contributed by atoms with E-state index in [0.717, 1.165) is 56.2 Å². The third-order valence-electron chi connectivity index (χ3n) is 5.53. The molecule has 1 aromatic carbocycles. The number of nitrogens with one attached hydrogen (secondary N) is 1. The highest BCUT2D eigenvalue weighted by Gasteiger charge is 2.18. The highest BCUT2D eigenvalue weighted by Crippen LogP contribution is 2.21. The second kappa shape index (κ2) is 10.8. The highest BCUT2D eigenvalue weighted by atomic mass is 32.1. The molecular weight excluding hydrogens is 440 g/mol. The summed E-state index contributed by atoms with van der Waals surface area (Å²) in [4.78, 5) is 38.0. The number of carbonyl (C=O) groups is 1. The van der Waals surface area contributed by atoms with Crippen molar-refractivity contribution in [3.8, 4) is 0 Å². The zero-order valence-corrected chi connectivity index (χ0v) is 19.9. The number of carbonyl (C=O) groups excluding carboxylic acids is 1. The van der Waals surface area contributed by atoms with E-state index in [4.69, 9.17) is 4.74 Å². The van der Waals surface area contributed by atoms with Gasteiger partial charge in [-0.3, -0.25) is 19.0 Å². The number of benzene rings is 1. The van der Waals surface area contributed by atoms with Crippen molar-refractivity contribution in [3.05, 3.63) is 47.0 Å². The molecule has 10 heteroatoms. The third kappa shape index (κ3) is 6.08. The van der Waals surface area contributed by atoms with Gasteiger partial charge in [-0.2, -0.15) is 0 Å². The Labute approximate surface area is 197 Å². The molecule has 9 nitrogen and oxygen atoms in total. The van der Waals surface area contributed by atoms with Crippen LogP contribution < -0.4 is 15.8 Å². The minimum atomic E-state index is -0.517. The summed E-state index contributed by atoms with van der Waals surface area (Å²) in [5.74, 6) is 0.802. The van der Waals surface area contributed by atoms with Gasteiger partial charge in [0.15, 0.2) is 0 Å². The van der Waals surface area contributed by atoms with Crippen LogP contribution in [0.5, 0.6) is 0 Å². The lowest BCUT2D eigenvalue weighted by Gasteiger charge is -2.34. The fraction of sp³-hybridized carbons (Fsp3) is 0.478. The summed E-state index contributed by atoms with van der Waals surface area (Å²) >= 11 is 1.47. The molecule has 2 aromatic heterocycles. The molecule has 0 spiro atoms. The van der Waals surface area contributed by atoms with E-state index < -0.39 is 6.09 Å². The van der Waals surface area contributed by atoms with Crippen LogP contribution in [0.2, 0.25) is 0 Å². The lowest BCUT2D eigenvalue weighted by Crippen LogP contribution is -2.47. The number of unbranched alkanes of at least 4 members (excludes halogenated alkanes) is 1. The molecule has 1 aliphatic rings. The van der Waals surface area contributed by atoms with E-state index in [1.165, 1.54) is 11.5 Å².